The summed E-state index contributed by atoms with van der Waals surface area (Å²) >= 11 is 0. The molecule has 5 nitrogen and oxygen atoms in total. The van der Waals surface area contributed by atoms with Crippen molar-refractivity contribution in [3.05, 3.63) is 41.2 Å². The molecule has 0 unspecified atom stereocenters. The van der Waals surface area contributed by atoms with Gasteiger partial charge in [0.25, 0.3) is 0 Å². The summed E-state index contributed by atoms with van der Waals surface area (Å²) in [6.45, 7) is 2.76. The fourth-order valence-electron chi connectivity index (χ4n) is 1.70. The van der Waals surface area contributed by atoms with Crippen molar-refractivity contribution in [3.63, 3.8) is 0 Å². The van der Waals surface area contributed by atoms with Gasteiger partial charge in [0.2, 0.25) is 5.91 Å². The van der Waals surface area contributed by atoms with Crippen molar-refractivity contribution in [1.29, 1.82) is 0 Å². The van der Waals surface area contributed by atoms with E-state index in [0.717, 1.165) is 6.08 Å². The van der Waals surface area contributed by atoms with Crippen LogP contribution in [0.15, 0.2) is 24.3 Å². The molecular formula is C14H17FN2O3. The maximum atomic E-state index is 13.9. The fraction of sp³-hybridized carbons (Fsp3) is 0.286. The molecule has 0 spiro atoms. The molecule has 0 saturated carbocycles. The highest BCUT2D eigenvalue weighted by Gasteiger charge is 2.10. The van der Waals surface area contributed by atoms with E-state index in [2.05, 4.69) is 0 Å². The van der Waals surface area contributed by atoms with Gasteiger partial charge in [-0.2, -0.15) is 0 Å². The third kappa shape index (κ3) is 5.19. The summed E-state index contributed by atoms with van der Waals surface area (Å²) in [5.41, 5.74) is 6.01. The number of nitrogens with two attached hydrogens (primary N) is 1. The van der Waals surface area contributed by atoms with Crippen molar-refractivity contribution in [2.75, 3.05) is 13.1 Å². The molecule has 0 aliphatic heterocycles. The molecule has 0 heterocycles. The number of primary amides is 1. The summed E-state index contributed by atoms with van der Waals surface area (Å²) in [4.78, 5) is 23.0. The second-order valence-corrected chi connectivity index (χ2v) is 4.29. The number of carboxylic acid groups (broad SMARTS) is 1. The van der Waals surface area contributed by atoms with Crippen LogP contribution in [0.1, 0.15) is 18.1 Å². The number of benzene rings is 1. The topological polar surface area (TPSA) is 83.6 Å². The number of hydrogen-bond donors (Lipinski definition) is 2. The molecule has 1 aromatic rings. The van der Waals surface area contributed by atoms with Crippen LogP contribution in [0.5, 0.6) is 0 Å². The molecule has 0 atom stereocenters. The summed E-state index contributed by atoms with van der Waals surface area (Å²) in [5.74, 6) is -2.00. The minimum absolute atomic E-state index is 0.0661. The number of likely N-dealkylation sites (N-methyl/N-ethyl adjacent to an activating group) is 1. The first-order chi connectivity index (χ1) is 9.42. The first-order valence-electron chi connectivity index (χ1n) is 6.12. The van der Waals surface area contributed by atoms with Crippen molar-refractivity contribution in [2.45, 2.75) is 13.5 Å². The van der Waals surface area contributed by atoms with Crippen LogP contribution in [-0.4, -0.2) is 35.0 Å². The first kappa shape index (κ1) is 15.8. The number of carboxylic acids is 1. The number of aliphatic carboxylic acids is 1. The Morgan fingerprint density at radius 2 is 2.15 bits per heavy atom. The maximum Gasteiger partial charge on any atom is 0.328 e. The van der Waals surface area contributed by atoms with E-state index in [1.54, 1.807) is 17.0 Å². The molecule has 1 rings (SSSR count). The van der Waals surface area contributed by atoms with Gasteiger partial charge in [-0.15, -0.1) is 0 Å². The zero-order valence-electron chi connectivity index (χ0n) is 11.2. The molecule has 6 heteroatoms. The molecule has 1 aromatic carbocycles. The Labute approximate surface area is 116 Å². The van der Waals surface area contributed by atoms with E-state index < -0.39 is 17.7 Å². The van der Waals surface area contributed by atoms with Crippen molar-refractivity contribution in [2.24, 2.45) is 5.73 Å². The lowest BCUT2D eigenvalue weighted by Gasteiger charge is -2.18. The van der Waals surface area contributed by atoms with E-state index in [1.807, 2.05) is 6.92 Å². The Hall–Kier alpha value is -2.21. The zero-order chi connectivity index (χ0) is 15.1. The van der Waals surface area contributed by atoms with Crippen LogP contribution in [0, 0.1) is 5.82 Å². The largest absolute Gasteiger partial charge is 0.478 e. The van der Waals surface area contributed by atoms with Gasteiger partial charge in [-0.25, -0.2) is 9.18 Å². The normalized spacial score (nSPS) is 11.2. The monoisotopic (exact) mass is 280 g/mol. The molecule has 3 N–H and O–H groups in total. The van der Waals surface area contributed by atoms with Crippen LogP contribution in [0.3, 0.4) is 0 Å². The minimum Gasteiger partial charge on any atom is -0.478 e. The van der Waals surface area contributed by atoms with Crippen LogP contribution in [-0.2, 0) is 16.1 Å². The van der Waals surface area contributed by atoms with Gasteiger partial charge in [0.05, 0.1) is 6.54 Å². The fourth-order valence-corrected chi connectivity index (χ4v) is 1.70. The number of carbonyl (C=O) groups is 2. The predicted octanol–water partition coefficient (Wildman–Crippen LogP) is 1.23. The van der Waals surface area contributed by atoms with Crippen LogP contribution in [0.4, 0.5) is 4.39 Å². The number of hydrogen-bond acceptors (Lipinski definition) is 3. The van der Waals surface area contributed by atoms with E-state index in [1.165, 1.54) is 12.1 Å². The maximum absolute atomic E-state index is 13.9. The van der Waals surface area contributed by atoms with E-state index in [4.69, 9.17) is 10.8 Å². The predicted molar refractivity (Wildman–Crippen MR) is 73.2 cm³/mol. The molecule has 0 bridgehead atoms. The second kappa shape index (κ2) is 7.40. The molecule has 1 amide bonds. The van der Waals surface area contributed by atoms with Crippen LogP contribution < -0.4 is 5.73 Å². The van der Waals surface area contributed by atoms with Crippen molar-refractivity contribution in [3.8, 4) is 0 Å². The number of nitrogens with zero attached hydrogens (tertiary/aromatic N) is 1. The lowest BCUT2D eigenvalue weighted by molar-refractivity contribution is -0.131. The average Bonchev–Trinajstić information content (AvgIpc) is 2.37. The molecule has 0 aliphatic rings. The minimum atomic E-state index is -1.09. The second-order valence-electron chi connectivity index (χ2n) is 4.29. The third-order valence-corrected chi connectivity index (χ3v) is 2.72. The van der Waals surface area contributed by atoms with Crippen LogP contribution in [0.2, 0.25) is 0 Å². The molecule has 0 fully saturated rings. The SMILES string of the molecule is CCN(CC(N)=O)Cc1ccc(/C=C/C(=O)O)cc1F. The summed E-state index contributed by atoms with van der Waals surface area (Å²) in [5, 5.41) is 8.50. The summed E-state index contributed by atoms with van der Waals surface area (Å²) in [7, 11) is 0. The third-order valence-electron chi connectivity index (χ3n) is 2.72. The number of rotatable bonds is 7. The lowest BCUT2D eigenvalue weighted by atomic mass is 10.1. The first-order valence-corrected chi connectivity index (χ1v) is 6.12. The Kier molecular flexibility index (Phi) is 5.86. The highest BCUT2D eigenvalue weighted by Crippen LogP contribution is 2.14. The van der Waals surface area contributed by atoms with E-state index >= 15 is 0 Å². The number of amides is 1. The molecule has 108 valence electrons. The Balaban J connectivity index is 2.82. The average molecular weight is 280 g/mol. The summed E-state index contributed by atoms with van der Waals surface area (Å²) in [6, 6.07) is 4.45. The van der Waals surface area contributed by atoms with Crippen molar-refractivity contribution >= 4 is 18.0 Å². The van der Waals surface area contributed by atoms with Gasteiger partial charge in [-0.05, 0) is 24.3 Å². The van der Waals surface area contributed by atoms with Gasteiger partial charge in [-0.1, -0.05) is 19.1 Å². The smallest absolute Gasteiger partial charge is 0.328 e. The van der Waals surface area contributed by atoms with E-state index in [-0.39, 0.29) is 13.1 Å². The number of carbonyl (C=O) groups excluding carboxylic acids is 1. The Morgan fingerprint density at radius 3 is 2.65 bits per heavy atom. The molecule has 20 heavy (non-hydrogen) atoms. The van der Waals surface area contributed by atoms with Gasteiger partial charge in [0, 0.05) is 18.2 Å². The van der Waals surface area contributed by atoms with Crippen LogP contribution in [0.25, 0.3) is 6.08 Å². The van der Waals surface area contributed by atoms with Crippen LogP contribution >= 0.6 is 0 Å². The quantitative estimate of drug-likeness (QED) is 0.736. The standard InChI is InChI=1S/C14H17FN2O3/c1-2-17(9-13(16)18)8-11-5-3-10(7-12(11)15)4-6-14(19)20/h3-7H,2,8-9H2,1H3,(H2,16,18)(H,19,20)/b6-4+. The molecular weight excluding hydrogens is 263 g/mol. The van der Waals surface area contributed by atoms with Gasteiger partial charge < -0.3 is 10.8 Å². The molecule has 0 aromatic heterocycles. The molecule has 0 aliphatic carbocycles. The molecule has 0 radical (unpaired) electrons. The van der Waals surface area contributed by atoms with E-state index in [9.17, 15) is 14.0 Å². The van der Waals surface area contributed by atoms with Gasteiger partial charge in [0.1, 0.15) is 5.82 Å². The van der Waals surface area contributed by atoms with Gasteiger partial charge in [-0.3, -0.25) is 9.69 Å². The van der Waals surface area contributed by atoms with Crippen molar-refractivity contribution in [1.82, 2.24) is 4.90 Å². The van der Waals surface area contributed by atoms with E-state index in [0.29, 0.717) is 17.7 Å². The van der Waals surface area contributed by atoms with Gasteiger partial charge >= 0.3 is 5.97 Å². The lowest BCUT2D eigenvalue weighted by Crippen LogP contribution is -2.33. The van der Waals surface area contributed by atoms with Crippen molar-refractivity contribution < 1.29 is 19.1 Å². The summed E-state index contributed by atoms with van der Waals surface area (Å²) < 4.78 is 13.9. The van der Waals surface area contributed by atoms with Gasteiger partial charge in [0.15, 0.2) is 0 Å². The zero-order valence-corrected chi connectivity index (χ0v) is 11.2. The highest BCUT2D eigenvalue weighted by molar-refractivity contribution is 5.85. The molecule has 0 saturated heterocycles. The Morgan fingerprint density at radius 1 is 1.45 bits per heavy atom. The summed E-state index contributed by atoms with van der Waals surface area (Å²) in [6.07, 6.45) is 2.26. The Bertz CT molecular complexity index is 529. The highest BCUT2D eigenvalue weighted by atomic mass is 19.1. The number of halogens is 1.